The molecule has 0 spiro atoms. The fourth-order valence-corrected chi connectivity index (χ4v) is 4.56. The summed E-state index contributed by atoms with van der Waals surface area (Å²) in [6, 6.07) is 17.4. The Morgan fingerprint density at radius 1 is 1.09 bits per heavy atom. The van der Waals surface area contributed by atoms with Crippen LogP contribution in [0.25, 0.3) is 16.6 Å². The molecule has 0 unspecified atom stereocenters. The first kappa shape index (κ1) is 23.2. The van der Waals surface area contributed by atoms with E-state index in [4.69, 9.17) is 0 Å². The van der Waals surface area contributed by atoms with Crippen molar-refractivity contribution in [3.63, 3.8) is 0 Å². The van der Waals surface area contributed by atoms with Gasteiger partial charge in [0.1, 0.15) is 0 Å². The Morgan fingerprint density at radius 3 is 2.59 bits per heavy atom. The number of para-hydroxylation sites is 1. The highest BCUT2D eigenvalue weighted by Gasteiger charge is 2.18. The van der Waals surface area contributed by atoms with Gasteiger partial charge in [0.15, 0.2) is 5.16 Å². The van der Waals surface area contributed by atoms with Crippen LogP contribution in [0.4, 0.5) is 11.4 Å². The van der Waals surface area contributed by atoms with E-state index in [2.05, 4.69) is 10.3 Å². The number of aromatic nitrogens is 2. The van der Waals surface area contributed by atoms with E-state index >= 15 is 0 Å². The number of hydrogen-bond acceptors (Lipinski definition) is 6. The van der Waals surface area contributed by atoms with Crippen molar-refractivity contribution < 1.29 is 9.72 Å². The molecule has 4 aromatic rings. The fourth-order valence-electron chi connectivity index (χ4n) is 3.75. The number of aryl methyl sites for hydroxylation is 2. The monoisotopic (exact) mass is 474 g/mol. The van der Waals surface area contributed by atoms with Crippen LogP contribution in [-0.4, -0.2) is 26.1 Å². The molecule has 0 aliphatic heterocycles. The number of fused-ring (bicyclic) bond motifs is 1. The lowest BCUT2D eigenvalue weighted by molar-refractivity contribution is -0.385. The molecule has 0 atom stereocenters. The second kappa shape index (κ2) is 9.48. The van der Waals surface area contributed by atoms with Crippen LogP contribution in [0.1, 0.15) is 16.7 Å². The predicted octanol–water partition coefficient (Wildman–Crippen LogP) is 4.95. The largest absolute Gasteiger partial charge is 0.325 e. The zero-order valence-electron chi connectivity index (χ0n) is 18.9. The van der Waals surface area contributed by atoms with Crippen molar-refractivity contribution >= 4 is 39.9 Å². The van der Waals surface area contributed by atoms with Crippen LogP contribution in [0, 0.1) is 30.9 Å². The fraction of sp³-hybridized carbons (Fsp3) is 0.160. The van der Waals surface area contributed by atoms with Crippen LogP contribution in [-0.2, 0) is 4.79 Å². The average molecular weight is 475 g/mol. The van der Waals surface area contributed by atoms with Crippen molar-refractivity contribution in [2.24, 2.45) is 0 Å². The highest BCUT2D eigenvalue weighted by molar-refractivity contribution is 7.99. The molecule has 0 saturated heterocycles. The maximum Gasteiger partial charge on any atom is 0.274 e. The number of carbonyl (C=O) groups is 1. The summed E-state index contributed by atoms with van der Waals surface area (Å²) in [6.07, 6.45) is 0. The first-order valence-electron chi connectivity index (χ1n) is 10.5. The molecule has 4 rings (SSSR count). The molecule has 8 nitrogen and oxygen atoms in total. The molecule has 0 aliphatic rings. The van der Waals surface area contributed by atoms with Crippen molar-refractivity contribution in [1.82, 2.24) is 9.55 Å². The first-order valence-corrected chi connectivity index (χ1v) is 11.5. The molecule has 3 aromatic carbocycles. The molecular weight excluding hydrogens is 452 g/mol. The Bertz CT molecular complexity index is 1500. The van der Waals surface area contributed by atoms with Gasteiger partial charge in [-0.25, -0.2) is 4.98 Å². The number of nitro benzene ring substituents is 1. The number of thioether (sulfide) groups is 1. The molecule has 1 amide bonds. The van der Waals surface area contributed by atoms with Crippen molar-refractivity contribution in [2.75, 3.05) is 11.1 Å². The summed E-state index contributed by atoms with van der Waals surface area (Å²) in [5, 5.41) is 14.8. The van der Waals surface area contributed by atoms with E-state index in [-0.39, 0.29) is 22.9 Å². The summed E-state index contributed by atoms with van der Waals surface area (Å²) in [4.78, 5) is 41.5. The second-order valence-electron chi connectivity index (χ2n) is 7.89. The minimum Gasteiger partial charge on any atom is -0.325 e. The molecule has 0 radical (unpaired) electrons. The number of hydrogen-bond donors (Lipinski definition) is 1. The van der Waals surface area contributed by atoms with Gasteiger partial charge in [-0.05, 0) is 50.6 Å². The molecule has 1 aromatic heterocycles. The summed E-state index contributed by atoms with van der Waals surface area (Å²) in [6.45, 7) is 5.49. The zero-order chi connectivity index (χ0) is 24.4. The van der Waals surface area contributed by atoms with Gasteiger partial charge in [-0.15, -0.1) is 0 Å². The van der Waals surface area contributed by atoms with E-state index in [1.807, 2.05) is 38.1 Å². The van der Waals surface area contributed by atoms with Gasteiger partial charge in [0, 0.05) is 6.07 Å². The van der Waals surface area contributed by atoms with E-state index in [9.17, 15) is 19.7 Å². The molecule has 0 aliphatic carbocycles. The summed E-state index contributed by atoms with van der Waals surface area (Å²) in [5.74, 6) is -0.388. The number of anilines is 1. The quantitative estimate of drug-likeness (QED) is 0.183. The molecule has 1 heterocycles. The maximum atomic E-state index is 13.4. The minimum absolute atomic E-state index is 0.0299. The molecule has 1 N–H and O–H groups in total. The predicted molar refractivity (Wildman–Crippen MR) is 134 cm³/mol. The topological polar surface area (TPSA) is 107 Å². The third-order valence-corrected chi connectivity index (χ3v) is 6.39. The number of carbonyl (C=O) groups excluding carboxylic acids is 1. The molecular formula is C25H22N4O4S. The number of nitrogens with zero attached hydrogens (tertiary/aromatic N) is 3. The van der Waals surface area contributed by atoms with Gasteiger partial charge in [-0.2, -0.15) is 0 Å². The van der Waals surface area contributed by atoms with Crippen LogP contribution < -0.4 is 10.9 Å². The molecule has 34 heavy (non-hydrogen) atoms. The Labute approximate surface area is 199 Å². The Balaban J connectivity index is 1.68. The number of nitrogens with one attached hydrogen (secondary N) is 1. The van der Waals surface area contributed by atoms with Gasteiger partial charge in [0.05, 0.1) is 38.5 Å². The van der Waals surface area contributed by atoms with Gasteiger partial charge in [0.2, 0.25) is 5.91 Å². The zero-order valence-corrected chi connectivity index (χ0v) is 19.7. The van der Waals surface area contributed by atoms with Crippen LogP contribution in [0.5, 0.6) is 0 Å². The van der Waals surface area contributed by atoms with E-state index in [1.165, 1.54) is 16.7 Å². The van der Waals surface area contributed by atoms with Crippen LogP contribution in [0.15, 0.2) is 70.6 Å². The highest BCUT2D eigenvalue weighted by atomic mass is 32.2. The SMILES string of the molecule is Cc1ccc(-n2c(SCC(=O)Nc3cccc([N+](=O)[O-])c3C)nc3ccccc3c2=O)c(C)c1. The van der Waals surface area contributed by atoms with Gasteiger partial charge < -0.3 is 5.32 Å². The summed E-state index contributed by atoms with van der Waals surface area (Å²) < 4.78 is 1.54. The normalized spacial score (nSPS) is 10.9. The second-order valence-corrected chi connectivity index (χ2v) is 8.83. The Kier molecular flexibility index (Phi) is 6.47. The molecule has 0 fully saturated rings. The number of amides is 1. The maximum absolute atomic E-state index is 13.4. The van der Waals surface area contributed by atoms with Crippen molar-refractivity contribution in [3.05, 3.63) is 97.8 Å². The summed E-state index contributed by atoms with van der Waals surface area (Å²) in [7, 11) is 0. The van der Waals surface area contributed by atoms with E-state index in [1.54, 1.807) is 31.2 Å². The van der Waals surface area contributed by atoms with Gasteiger partial charge in [0.25, 0.3) is 11.2 Å². The first-order chi connectivity index (χ1) is 16.3. The van der Waals surface area contributed by atoms with Crippen molar-refractivity contribution in [2.45, 2.75) is 25.9 Å². The average Bonchev–Trinajstić information content (AvgIpc) is 2.80. The lowest BCUT2D eigenvalue weighted by atomic mass is 10.1. The number of nitro groups is 1. The van der Waals surface area contributed by atoms with Crippen molar-refractivity contribution in [1.29, 1.82) is 0 Å². The van der Waals surface area contributed by atoms with E-state index < -0.39 is 4.92 Å². The van der Waals surface area contributed by atoms with Crippen molar-refractivity contribution in [3.8, 4) is 5.69 Å². The lowest BCUT2D eigenvalue weighted by Gasteiger charge is -2.15. The van der Waals surface area contributed by atoms with Gasteiger partial charge in [-0.1, -0.05) is 47.7 Å². The van der Waals surface area contributed by atoms with E-state index in [0.29, 0.717) is 33.0 Å². The Hall–Kier alpha value is -3.98. The smallest absolute Gasteiger partial charge is 0.274 e. The third-order valence-electron chi connectivity index (χ3n) is 5.45. The minimum atomic E-state index is -0.485. The summed E-state index contributed by atoms with van der Waals surface area (Å²) >= 11 is 1.13. The lowest BCUT2D eigenvalue weighted by Crippen LogP contribution is -2.23. The molecule has 0 bridgehead atoms. The number of benzene rings is 3. The summed E-state index contributed by atoms with van der Waals surface area (Å²) in [5.41, 5.74) is 3.71. The Morgan fingerprint density at radius 2 is 1.85 bits per heavy atom. The van der Waals surface area contributed by atoms with Crippen LogP contribution in [0.2, 0.25) is 0 Å². The molecule has 0 saturated carbocycles. The molecule has 9 heteroatoms. The van der Waals surface area contributed by atoms with E-state index in [0.717, 1.165) is 22.9 Å². The van der Waals surface area contributed by atoms with Gasteiger partial charge >= 0.3 is 0 Å². The number of rotatable bonds is 6. The van der Waals surface area contributed by atoms with Crippen LogP contribution in [0.3, 0.4) is 0 Å². The highest BCUT2D eigenvalue weighted by Crippen LogP contribution is 2.27. The van der Waals surface area contributed by atoms with Gasteiger partial charge in [-0.3, -0.25) is 24.3 Å². The molecule has 172 valence electrons. The third kappa shape index (κ3) is 4.55. The van der Waals surface area contributed by atoms with Crippen LogP contribution >= 0.6 is 11.8 Å². The standard InChI is InChI=1S/C25H22N4O4S/c1-15-11-12-21(16(2)13-15)28-24(31)18-7-4-5-8-20(18)27-25(28)34-14-23(30)26-19-9-6-10-22(17(19)3)29(32)33/h4-13H,14H2,1-3H3,(H,26,30).